The quantitative estimate of drug-likeness (QED) is 0.799. The first kappa shape index (κ1) is 16.7. The molecule has 0 amide bonds. The highest BCUT2D eigenvalue weighted by Gasteiger charge is 2.24. The van der Waals surface area contributed by atoms with Crippen LogP contribution in [0.15, 0.2) is 30.3 Å². The molecule has 0 saturated heterocycles. The lowest BCUT2D eigenvalue weighted by atomic mass is 9.95. The summed E-state index contributed by atoms with van der Waals surface area (Å²) in [6, 6.07) is 11.2. The predicted molar refractivity (Wildman–Crippen MR) is 97.4 cm³/mol. The molecule has 0 radical (unpaired) electrons. The Bertz CT molecular complexity index is 689. The van der Waals surface area contributed by atoms with Crippen LogP contribution in [0, 0.1) is 0 Å². The third-order valence-corrected chi connectivity index (χ3v) is 4.55. The zero-order chi connectivity index (χ0) is 16.9. The number of aromatic nitrogens is 2. The van der Waals surface area contributed by atoms with Crippen molar-refractivity contribution in [1.82, 2.24) is 9.97 Å². The normalized spacial score (nSPS) is 16.8. The van der Waals surface area contributed by atoms with Crippen molar-refractivity contribution in [1.29, 1.82) is 0 Å². The second-order valence-corrected chi connectivity index (χ2v) is 6.35. The molecule has 1 aromatic heterocycles. The number of benzene rings is 1. The summed E-state index contributed by atoms with van der Waals surface area (Å²) in [5.41, 5.74) is 3.85. The van der Waals surface area contributed by atoms with Gasteiger partial charge in [0, 0.05) is 37.5 Å². The van der Waals surface area contributed by atoms with Crippen LogP contribution < -0.4 is 10.2 Å². The van der Waals surface area contributed by atoms with Crippen LogP contribution in [0.25, 0.3) is 0 Å². The maximum atomic E-state index is 8.94. The molecule has 0 unspecified atom stereocenters. The Hall–Kier alpha value is -2.14. The van der Waals surface area contributed by atoms with Crippen molar-refractivity contribution >= 4 is 11.8 Å². The number of aryl methyl sites for hydroxylation is 1. The number of fused-ring (bicyclic) bond motifs is 1. The summed E-state index contributed by atoms with van der Waals surface area (Å²) >= 11 is 0. The maximum Gasteiger partial charge on any atom is 0.224 e. The number of nitrogens with one attached hydrogen (secondary N) is 1. The van der Waals surface area contributed by atoms with Gasteiger partial charge in [-0.1, -0.05) is 31.2 Å². The molecule has 2 heterocycles. The number of aliphatic hydroxyl groups is 1. The van der Waals surface area contributed by atoms with Crippen molar-refractivity contribution in [3.8, 4) is 0 Å². The average Bonchev–Trinajstić information content (AvgIpc) is 2.61. The van der Waals surface area contributed by atoms with E-state index in [4.69, 9.17) is 10.1 Å². The molecule has 1 aliphatic rings. The van der Waals surface area contributed by atoms with Gasteiger partial charge in [0.15, 0.2) is 0 Å². The van der Waals surface area contributed by atoms with Crippen molar-refractivity contribution < 1.29 is 5.11 Å². The standard InChI is InChI=1S/C19H26N4O/c1-3-17-12-18(22-19(21-17)20-9-6-10-24)23-13-16-8-5-4-7-15(16)11-14(23)2/h4-5,7-8,12,14,24H,3,6,9-11,13H2,1-2H3,(H,20,21,22)/t14-/m1/s1. The van der Waals surface area contributed by atoms with E-state index >= 15 is 0 Å². The zero-order valence-corrected chi connectivity index (χ0v) is 14.5. The summed E-state index contributed by atoms with van der Waals surface area (Å²) in [5, 5.41) is 12.2. The predicted octanol–water partition coefficient (Wildman–Crippen LogP) is 2.78. The first-order chi connectivity index (χ1) is 11.7. The van der Waals surface area contributed by atoms with Gasteiger partial charge in [0.1, 0.15) is 5.82 Å². The van der Waals surface area contributed by atoms with E-state index in [0.29, 0.717) is 25.0 Å². The van der Waals surface area contributed by atoms with Crippen LogP contribution in [-0.4, -0.2) is 34.3 Å². The van der Waals surface area contributed by atoms with Gasteiger partial charge in [-0.15, -0.1) is 0 Å². The monoisotopic (exact) mass is 326 g/mol. The molecule has 0 saturated carbocycles. The van der Waals surface area contributed by atoms with Crippen molar-refractivity contribution in [3.05, 3.63) is 47.2 Å². The largest absolute Gasteiger partial charge is 0.396 e. The topological polar surface area (TPSA) is 61.3 Å². The van der Waals surface area contributed by atoms with Crippen LogP contribution in [0.3, 0.4) is 0 Å². The van der Waals surface area contributed by atoms with Gasteiger partial charge in [0.25, 0.3) is 0 Å². The molecule has 5 heteroatoms. The van der Waals surface area contributed by atoms with E-state index in [1.165, 1.54) is 11.1 Å². The van der Waals surface area contributed by atoms with E-state index < -0.39 is 0 Å². The van der Waals surface area contributed by atoms with E-state index in [2.05, 4.69) is 59.4 Å². The SMILES string of the molecule is CCc1cc(N2Cc3ccccc3C[C@H]2C)nc(NCCCO)n1. The fourth-order valence-electron chi connectivity index (χ4n) is 3.16. The zero-order valence-electron chi connectivity index (χ0n) is 14.5. The van der Waals surface area contributed by atoms with Crippen LogP contribution in [-0.2, 0) is 19.4 Å². The number of anilines is 2. The Labute approximate surface area is 143 Å². The number of hydrogen-bond acceptors (Lipinski definition) is 5. The molecule has 0 spiro atoms. The van der Waals surface area contributed by atoms with Crippen LogP contribution in [0.1, 0.15) is 37.1 Å². The Kier molecular flexibility index (Phi) is 5.30. The van der Waals surface area contributed by atoms with Crippen molar-refractivity contribution in [2.24, 2.45) is 0 Å². The van der Waals surface area contributed by atoms with E-state index in [9.17, 15) is 0 Å². The van der Waals surface area contributed by atoms with Crippen LogP contribution in [0.2, 0.25) is 0 Å². The molecule has 1 aliphatic heterocycles. The molecule has 1 aromatic carbocycles. The van der Waals surface area contributed by atoms with Gasteiger partial charge in [-0.3, -0.25) is 0 Å². The van der Waals surface area contributed by atoms with Gasteiger partial charge in [-0.05, 0) is 37.3 Å². The minimum Gasteiger partial charge on any atom is -0.396 e. The summed E-state index contributed by atoms with van der Waals surface area (Å²) in [4.78, 5) is 11.6. The fourth-order valence-corrected chi connectivity index (χ4v) is 3.16. The Morgan fingerprint density at radius 2 is 2.04 bits per heavy atom. The molecule has 24 heavy (non-hydrogen) atoms. The molecule has 3 rings (SSSR count). The van der Waals surface area contributed by atoms with E-state index in [1.54, 1.807) is 0 Å². The first-order valence-electron chi connectivity index (χ1n) is 8.77. The molecule has 0 aliphatic carbocycles. The van der Waals surface area contributed by atoms with Crippen molar-refractivity contribution in [3.63, 3.8) is 0 Å². The van der Waals surface area contributed by atoms with E-state index in [-0.39, 0.29) is 6.61 Å². The maximum absolute atomic E-state index is 8.94. The van der Waals surface area contributed by atoms with Gasteiger partial charge in [-0.25, -0.2) is 4.98 Å². The van der Waals surface area contributed by atoms with Crippen LogP contribution >= 0.6 is 0 Å². The molecule has 5 nitrogen and oxygen atoms in total. The van der Waals surface area contributed by atoms with E-state index in [1.807, 2.05) is 0 Å². The first-order valence-corrected chi connectivity index (χ1v) is 8.77. The highest BCUT2D eigenvalue weighted by atomic mass is 16.3. The lowest BCUT2D eigenvalue weighted by molar-refractivity contribution is 0.292. The Morgan fingerprint density at radius 3 is 2.79 bits per heavy atom. The molecule has 0 bridgehead atoms. The lowest BCUT2D eigenvalue weighted by Gasteiger charge is -2.36. The van der Waals surface area contributed by atoms with Gasteiger partial charge in [-0.2, -0.15) is 4.98 Å². The third kappa shape index (κ3) is 3.67. The van der Waals surface area contributed by atoms with Gasteiger partial charge in [0.2, 0.25) is 5.95 Å². The van der Waals surface area contributed by atoms with Crippen molar-refractivity contribution in [2.45, 2.75) is 45.7 Å². The summed E-state index contributed by atoms with van der Waals surface area (Å²) in [7, 11) is 0. The summed E-state index contributed by atoms with van der Waals surface area (Å²) in [6.45, 7) is 6.10. The van der Waals surface area contributed by atoms with Gasteiger partial charge in [0.05, 0.1) is 0 Å². The second kappa shape index (κ2) is 7.62. The van der Waals surface area contributed by atoms with E-state index in [0.717, 1.165) is 30.9 Å². The summed E-state index contributed by atoms with van der Waals surface area (Å²) in [6.07, 6.45) is 2.61. The summed E-state index contributed by atoms with van der Waals surface area (Å²) < 4.78 is 0. The Morgan fingerprint density at radius 1 is 1.25 bits per heavy atom. The number of rotatable bonds is 6. The minimum atomic E-state index is 0.174. The molecule has 128 valence electrons. The van der Waals surface area contributed by atoms with Gasteiger partial charge < -0.3 is 15.3 Å². The van der Waals surface area contributed by atoms with Gasteiger partial charge >= 0.3 is 0 Å². The Balaban J connectivity index is 1.86. The number of aliphatic hydroxyl groups excluding tert-OH is 1. The number of nitrogens with zero attached hydrogens (tertiary/aromatic N) is 3. The molecular formula is C19H26N4O. The minimum absolute atomic E-state index is 0.174. The smallest absolute Gasteiger partial charge is 0.224 e. The average molecular weight is 326 g/mol. The number of hydrogen-bond donors (Lipinski definition) is 2. The third-order valence-electron chi connectivity index (χ3n) is 4.55. The van der Waals surface area contributed by atoms with Crippen LogP contribution in [0.5, 0.6) is 0 Å². The summed E-state index contributed by atoms with van der Waals surface area (Å²) in [5.74, 6) is 1.64. The molecule has 2 N–H and O–H groups in total. The highest BCUT2D eigenvalue weighted by Crippen LogP contribution is 2.28. The second-order valence-electron chi connectivity index (χ2n) is 6.35. The fraction of sp³-hybridized carbons (Fsp3) is 0.474. The molecule has 0 fully saturated rings. The van der Waals surface area contributed by atoms with Crippen molar-refractivity contribution in [2.75, 3.05) is 23.4 Å². The van der Waals surface area contributed by atoms with Crippen LogP contribution in [0.4, 0.5) is 11.8 Å². The molecule has 1 atom stereocenters. The molecular weight excluding hydrogens is 300 g/mol. The highest BCUT2D eigenvalue weighted by molar-refractivity contribution is 5.49. The molecule has 2 aromatic rings. The lowest BCUT2D eigenvalue weighted by Crippen LogP contribution is -2.39.